The highest BCUT2D eigenvalue weighted by Gasteiger charge is 2.15. The Morgan fingerprint density at radius 2 is 1.90 bits per heavy atom. The molecule has 0 bridgehead atoms. The van der Waals surface area contributed by atoms with E-state index in [-0.39, 0.29) is 18.3 Å². The van der Waals surface area contributed by atoms with Gasteiger partial charge >= 0.3 is 5.97 Å². The molecule has 0 atom stereocenters. The first-order valence-electron chi connectivity index (χ1n) is 7.82. The van der Waals surface area contributed by atoms with Gasteiger partial charge in [0.05, 0.1) is 26.7 Å². The first-order valence-corrected chi connectivity index (χ1v) is 7.82. The average molecular weight is 300 g/mol. The third-order valence-electron chi connectivity index (χ3n) is 3.64. The molecule has 0 aromatic carbocycles. The minimum Gasteiger partial charge on any atom is -0.469 e. The summed E-state index contributed by atoms with van der Waals surface area (Å²) in [5, 5.41) is 0. The third kappa shape index (κ3) is 7.43. The summed E-state index contributed by atoms with van der Waals surface area (Å²) in [6.45, 7) is 7.63. The average Bonchev–Trinajstić information content (AvgIpc) is 2.51. The summed E-state index contributed by atoms with van der Waals surface area (Å²) in [5.74, 6) is -0.138. The van der Waals surface area contributed by atoms with Gasteiger partial charge in [0.15, 0.2) is 0 Å². The molecular weight excluding hydrogens is 272 g/mol. The van der Waals surface area contributed by atoms with Crippen LogP contribution < -0.4 is 0 Å². The first kappa shape index (κ1) is 17.9. The minimum atomic E-state index is -0.266. The number of morpholine rings is 1. The zero-order chi connectivity index (χ0) is 15.5. The maximum Gasteiger partial charge on any atom is 0.307 e. The molecule has 0 aromatic heterocycles. The number of nitrogens with zero attached hydrogens (tertiary/aromatic N) is 2. The van der Waals surface area contributed by atoms with Crippen molar-refractivity contribution in [3.63, 3.8) is 0 Å². The van der Waals surface area contributed by atoms with E-state index in [1.807, 2.05) is 6.92 Å². The summed E-state index contributed by atoms with van der Waals surface area (Å²) in [4.78, 5) is 27.4. The maximum atomic E-state index is 12.1. The van der Waals surface area contributed by atoms with Gasteiger partial charge in [-0.2, -0.15) is 0 Å². The third-order valence-corrected chi connectivity index (χ3v) is 3.64. The zero-order valence-electron chi connectivity index (χ0n) is 13.3. The van der Waals surface area contributed by atoms with E-state index in [0.717, 1.165) is 45.7 Å². The number of esters is 1. The Morgan fingerprint density at radius 1 is 1.19 bits per heavy atom. The molecular formula is C15H28N2O4. The van der Waals surface area contributed by atoms with Gasteiger partial charge in [-0.1, -0.05) is 6.92 Å². The van der Waals surface area contributed by atoms with Crippen LogP contribution in [-0.2, 0) is 19.1 Å². The van der Waals surface area contributed by atoms with Crippen molar-refractivity contribution in [1.29, 1.82) is 0 Å². The molecule has 0 unspecified atom stereocenters. The number of methoxy groups -OCH3 is 1. The van der Waals surface area contributed by atoms with Crippen molar-refractivity contribution in [2.24, 2.45) is 0 Å². The second-order valence-electron chi connectivity index (χ2n) is 5.26. The van der Waals surface area contributed by atoms with E-state index < -0.39 is 0 Å². The summed E-state index contributed by atoms with van der Waals surface area (Å²) in [6.07, 6.45) is 2.57. The van der Waals surface area contributed by atoms with Crippen molar-refractivity contribution < 1.29 is 19.1 Å². The molecule has 21 heavy (non-hydrogen) atoms. The summed E-state index contributed by atoms with van der Waals surface area (Å²) in [7, 11) is 1.37. The molecule has 122 valence electrons. The Morgan fingerprint density at radius 3 is 2.52 bits per heavy atom. The first-order chi connectivity index (χ1) is 10.2. The minimum absolute atomic E-state index is 0.128. The normalized spacial score (nSPS) is 15.7. The van der Waals surface area contributed by atoms with Gasteiger partial charge in [0.2, 0.25) is 5.91 Å². The molecule has 0 radical (unpaired) electrons. The van der Waals surface area contributed by atoms with Gasteiger partial charge in [0.1, 0.15) is 0 Å². The largest absolute Gasteiger partial charge is 0.469 e. The number of amides is 1. The fourth-order valence-corrected chi connectivity index (χ4v) is 2.37. The van der Waals surface area contributed by atoms with Crippen molar-refractivity contribution in [1.82, 2.24) is 9.80 Å². The quantitative estimate of drug-likeness (QED) is 0.592. The number of carbonyl (C=O) groups excluding carboxylic acids is 2. The molecule has 1 rings (SSSR count). The van der Waals surface area contributed by atoms with Crippen LogP contribution in [0.1, 0.15) is 32.6 Å². The van der Waals surface area contributed by atoms with Gasteiger partial charge in [-0.3, -0.25) is 14.5 Å². The lowest BCUT2D eigenvalue weighted by Crippen LogP contribution is -2.39. The molecule has 1 saturated heterocycles. The molecule has 0 aliphatic carbocycles. The molecule has 1 amide bonds. The molecule has 1 heterocycles. The van der Waals surface area contributed by atoms with Crippen molar-refractivity contribution in [3.05, 3.63) is 0 Å². The number of ether oxygens (including phenoxy) is 2. The van der Waals surface area contributed by atoms with E-state index in [4.69, 9.17) is 4.74 Å². The number of hydrogen-bond acceptors (Lipinski definition) is 5. The second kappa shape index (κ2) is 10.6. The van der Waals surface area contributed by atoms with E-state index >= 15 is 0 Å². The molecule has 0 aromatic rings. The fourth-order valence-electron chi connectivity index (χ4n) is 2.37. The SMILES string of the molecule is CCCC(=O)N(CCCN1CCOCC1)CCC(=O)OC. The van der Waals surface area contributed by atoms with Crippen molar-refractivity contribution in [3.8, 4) is 0 Å². The molecule has 1 fully saturated rings. The van der Waals surface area contributed by atoms with E-state index in [1.54, 1.807) is 4.90 Å². The highest BCUT2D eigenvalue weighted by molar-refractivity contribution is 5.77. The van der Waals surface area contributed by atoms with Crippen LogP contribution in [0.2, 0.25) is 0 Å². The number of rotatable bonds is 9. The van der Waals surface area contributed by atoms with Crippen LogP contribution in [0.3, 0.4) is 0 Å². The molecule has 1 aliphatic rings. The molecule has 0 N–H and O–H groups in total. The molecule has 0 spiro atoms. The van der Waals surface area contributed by atoms with Crippen LogP contribution in [0, 0.1) is 0 Å². The van der Waals surface area contributed by atoms with Crippen LogP contribution in [0.15, 0.2) is 0 Å². The van der Waals surface area contributed by atoms with Crippen molar-refractivity contribution in [2.75, 3.05) is 53.0 Å². The molecule has 6 heteroatoms. The number of carbonyl (C=O) groups is 2. The summed E-state index contributed by atoms with van der Waals surface area (Å²) in [6, 6.07) is 0. The van der Waals surface area contributed by atoms with E-state index in [1.165, 1.54) is 7.11 Å². The van der Waals surface area contributed by atoms with Crippen LogP contribution >= 0.6 is 0 Å². The lowest BCUT2D eigenvalue weighted by molar-refractivity contribution is -0.141. The Kier molecular flexibility index (Phi) is 9.01. The van der Waals surface area contributed by atoms with E-state index in [0.29, 0.717) is 19.5 Å². The molecule has 0 saturated carbocycles. The monoisotopic (exact) mass is 300 g/mol. The predicted octanol–water partition coefficient (Wildman–Crippen LogP) is 0.901. The number of hydrogen-bond donors (Lipinski definition) is 0. The Bertz CT molecular complexity index is 317. The second-order valence-corrected chi connectivity index (χ2v) is 5.26. The van der Waals surface area contributed by atoms with Gasteiger partial charge in [0.25, 0.3) is 0 Å². The van der Waals surface area contributed by atoms with Gasteiger partial charge in [-0.05, 0) is 12.8 Å². The van der Waals surface area contributed by atoms with Crippen LogP contribution in [-0.4, -0.2) is 74.7 Å². The standard InChI is InChI=1S/C15H28N2O4/c1-3-5-14(18)17(9-6-15(19)20-2)8-4-7-16-10-12-21-13-11-16/h3-13H2,1-2H3. The summed E-state index contributed by atoms with van der Waals surface area (Å²) >= 11 is 0. The Hall–Kier alpha value is -1.14. The van der Waals surface area contributed by atoms with E-state index in [9.17, 15) is 9.59 Å². The lowest BCUT2D eigenvalue weighted by atomic mass is 10.2. The predicted molar refractivity (Wildman–Crippen MR) is 80.0 cm³/mol. The van der Waals surface area contributed by atoms with Gasteiger partial charge in [0, 0.05) is 39.1 Å². The maximum absolute atomic E-state index is 12.1. The van der Waals surface area contributed by atoms with Gasteiger partial charge in [-0.15, -0.1) is 0 Å². The fraction of sp³-hybridized carbons (Fsp3) is 0.867. The Balaban J connectivity index is 2.32. The summed E-state index contributed by atoms with van der Waals surface area (Å²) in [5.41, 5.74) is 0. The van der Waals surface area contributed by atoms with Crippen LogP contribution in [0.4, 0.5) is 0 Å². The molecule has 1 aliphatic heterocycles. The highest BCUT2D eigenvalue weighted by Crippen LogP contribution is 2.04. The molecule has 6 nitrogen and oxygen atoms in total. The zero-order valence-corrected chi connectivity index (χ0v) is 13.3. The van der Waals surface area contributed by atoms with Gasteiger partial charge < -0.3 is 14.4 Å². The highest BCUT2D eigenvalue weighted by atomic mass is 16.5. The summed E-state index contributed by atoms with van der Waals surface area (Å²) < 4.78 is 9.96. The van der Waals surface area contributed by atoms with Crippen LogP contribution in [0.5, 0.6) is 0 Å². The lowest BCUT2D eigenvalue weighted by Gasteiger charge is -2.28. The topological polar surface area (TPSA) is 59.1 Å². The van der Waals surface area contributed by atoms with E-state index in [2.05, 4.69) is 9.64 Å². The Labute approximate surface area is 127 Å². The van der Waals surface area contributed by atoms with Crippen molar-refractivity contribution >= 4 is 11.9 Å². The smallest absolute Gasteiger partial charge is 0.307 e. The van der Waals surface area contributed by atoms with Gasteiger partial charge in [-0.25, -0.2) is 0 Å². The van der Waals surface area contributed by atoms with Crippen molar-refractivity contribution in [2.45, 2.75) is 32.6 Å². The van der Waals surface area contributed by atoms with Crippen LogP contribution in [0.25, 0.3) is 0 Å².